The maximum Gasteiger partial charge on any atom is 0.123 e. The van der Waals surface area contributed by atoms with Gasteiger partial charge < -0.3 is 0 Å². The molecule has 0 nitrogen and oxygen atoms in total. The molecule has 0 unspecified atom stereocenters. The summed E-state index contributed by atoms with van der Waals surface area (Å²) in [5.74, 6) is -0.203. The van der Waals surface area contributed by atoms with Gasteiger partial charge in [-0.15, -0.1) is 0 Å². The first kappa shape index (κ1) is 9.65. The SMILES string of the molecule is Fc1ccc(-c2cc[c]c(I)c2)cc1. The van der Waals surface area contributed by atoms with Crippen LogP contribution in [-0.4, -0.2) is 0 Å². The molecule has 0 atom stereocenters. The molecule has 0 saturated heterocycles. The van der Waals surface area contributed by atoms with Gasteiger partial charge in [0.2, 0.25) is 0 Å². The number of hydrogen-bond donors (Lipinski definition) is 0. The normalized spacial score (nSPS) is 10.1. The minimum absolute atomic E-state index is 0.203. The van der Waals surface area contributed by atoms with Crippen molar-refractivity contribution in [2.75, 3.05) is 0 Å². The zero-order valence-corrected chi connectivity index (χ0v) is 9.45. The Morgan fingerprint density at radius 1 is 1.00 bits per heavy atom. The maximum atomic E-state index is 12.7. The highest BCUT2D eigenvalue weighted by molar-refractivity contribution is 14.1. The molecule has 0 N–H and O–H groups in total. The Kier molecular flexibility index (Phi) is 2.82. The Labute approximate surface area is 95.9 Å². The molecule has 69 valence electrons. The molecule has 0 aliphatic heterocycles. The first-order valence-corrected chi connectivity index (χ1v) is 5.27. The molecule has 2 rings (SSSR count). The van der Waals surface area contributed by atoms with Crippen LogP contribution in [0.2, 0.25) is 0 Å². The van der Waals surface area contributed by atoms with Crippen molar-refractivity contribution in [2.24, 2.45) is 0 Å². The van der Waals surface area contributed by atoms with Crippen LogP contribution in [-0.2, 0) is 0 Å². The van der Waals surface area contributed by atoms with Crippen LogP contribution >= 0.6 is 22.6 Å². The van der Waals surface area contributed by atoms with Gasteiger partial charge in [-0.05, 0) is 58.0 Å². The second-order valence-corrected chi connectivity index (χ2v) is 4.09. The van der Waals surface area contributed by atoms with Crippen molar-refractivity contribution in [3.05, 3.63) is 57.9 Å². The predicted molar refractivity (Wildman–Crippen MR) is 63.4 cm³/mol. The number of hydrogen-bond acceptors (Lipinski definition) is 0. The summed E-state index contributed by atoms with van der Waals surface area (Å²) in [4.78, 5) is 0. The highest BCUT2D eigenvalue weighted by Gasteiger charge is 1.97. The molecule has 1 radical (unpaired) electrons. The molecule has 0 aromatic heterocycles. The summed E-state index contributed by atoms with van der Waals surface area (Å²) in [5, 5.41) is 0. The molecule has 0 saturated carbocycles. The molecule has 2 aromatic rings. The van der Waals surface area contributed by atoms with E-state index in [-0.39, 0.29) is 5.82 Å². The van der Waals surface area contributed by atoms with E-state index in [1.807, 2.05) is 18.2 Å². The van der Waals surface area contributed by atoms with E-state index in [1.54, 1.807) is 12.1 Å². The molecule has 0 fully saturated rings. The van der Waals surface area contributed by atoms with Gasteiger partial charge in [-0.3, -0.25) is 0 Å². The Morgan fingerprint density at radius 2 is 1.71 bits per heavy atom. The van der Waals surface area contributed by atoms with Crippen LogP contribution in [0.25, 0.3) is 11.1 Å². The van der Waals surface area contributed by atoms with Crippen molar-refractivity contribution >= 4 is 22.6 Å². The van der Waals surface area contributed by atoms with Gasteiger partial charge in [-0.2, -0.15) is 0 Å². The topological polar surface area (TPSA) is 0 Å². The Bertz CT molecular complexity index is 434. The maximum absolute atomic E-state index is 12.7. The summed E-state index contributed by atoms with van der Waals surface area (Å²) in [6.45, 7) is 0. The molecular weight excluding hydrogens is 290 g/mol. The molecule has 0 spiro atoms. The molecule has 2 heteroatoms. The smallest absolute Gasteiger partial charge is 0.123 e. The van der Waals surface area contributed by atoms with E-state index in [4.69, 9.17) is 0 Å². The molecule has 0 aliphatic carbocycles. The Hall–Kier alpha value is -0.900. The third kappa shape index (κ3) is 2.12. The first-order valence-electron chi connectivity index (χ1n) is 4.19. The van der Waals surface area contributed by atoms with Crippen LogP contribution in [0.5, 0.6) is 0 Å². The summed E-state index contributed by atoms with van der Waals surface area (Å²) in [6, 6.07) is 15.4. The first-order chi connectivity index (χ1) is 6.75. The van der Waals surface area contributed by atoms with Crippen LogP contribution in [0.3, 0.4) is 0 Å². The number of halogens is 2. The van der Waals surface area contributed by atoms with Crippen LogP contribution in [0.15, 0.2) is 42.5 Å². The lowest BCUT2D eigenvalue weighted by atomic mass is 10.1. The molecular formula is C12H7FI. The molecule has 14 heavy (non-hydrogen) atoms. The quantitative estimate of drug-likeness (QED) is 0.700. The number of benzene rings is 2. The monoisotopic (exact) mass is 297 g/mol. The second kappa shape index (κ2) is 4.09. The zero-order valence-electron chi connectivity index (χ0n) is 7.30. The Balaban J connectivity index is 2.44. The molecule has 0 bridgehead atoms. The molecule has 2 aromatic carbocycles. The third-order valence-electron chi connectivity index (χ3n) is 1.94. The van der Waals surface area contributed by atoms with Crippen molar-refractivity contribution in [2.45, 2.75) is 0 Å². The minimum atomic E-state index is -0.203. The van der Waals surface area contributed by atoms with Gasteiger partial charge in [0.15, 0.2) is 0 Å². The lowest BCUT2D eigenvalue weighted by molar-refractivity contribution is 0.628. The standard InChI is InChI=1S/C12H7FI/c13-11-6-4-9(5-7-11)10-2-1-3-12(14)8-10/h1-2,4-8H. The van der Waals surface area contributed by atoms with Gasteiger partial charge in [0, 0.05) is 3.57 Å². The van der Waals surface area contributed by atoms with E-state index in [0.717, 1.165) is 14.7 Å². The van der Waals surface area contributed by atoms with Crippen molar-refractivity contribution in [1.29, 1.82) is 0 Å². The highest BCUT2D eigenvalue weighted by Crippen LogP contribution is 2.20. The van der Waals surface area contributed by atoms with Crippen LogP contribution < -0.4 is 0 Å². The fourth-order valence-corrected chi connectivity index (χ4v) is 1.77. The third-order valence-corrected chi connectivity index (χ3v) is 2.57. The van der Waals surface area contributed by atoms with E-state index in [1.165, 1.54) is 12.1 Å². The van der Waals surface area contributed by atoms with E-state index in [9.17, 15) is 4.39 Å². The average molecular weight is 297 g/mol. The number of rotatable bonds is 1. The van der Waals surface area contributed by atoms with Crippen molar-refractivity contribution in [3.8, 4) is 11.1 Å². The van der Waals surface area contributed by atoms with Crippen molar-refractivity contribution in [3.63, 3.8) is 0 Å². The lowest BCUT2D eigenvalue weighted by Crippen LogP contribution is -1.80. The van der Waals surface area contributed by atoms with Crippen molar-refractivity contribution in [1.82, 2.24) is 0 Å². The average Bonchev–Trinajstić information content (AvgIpc) is 2.19. The lowest BCUT2D eigenvalue weighted by Gasteiger charge is -2.01. The largest absolute Gasteiger partial charge is 0.207 e. The summed E-state index contributed by atoms with van der Waals surface area (Å²) in [5.41, 5.74) is 2.12. The summed E-state index contributed by atoms with van der Waals surface area (Å²) in [7, 11) is 0. The van der Waals surface area contributed by atoms with Crippen LogP contribution in [0, 0.1) is 15.5 Å². The predicted octanol–water partition coefficient (Wildman–Crippen LogP) is 3.90. The van der Waals surface area contributed by atoms with Crippen LogP contribution in [0.1, 0.15) is 0 Å². The summed E-state index contributed by atoms with van der Waals surface area (Å²) >= 11 is 2.21. The highest BCUT2D eigenvalue weighted by atomic mass is 127. The summed E-state index contributed by atoms with van der Waals surface area (Å²) < 4.78 is 13.7. The molecule has 0 heterocycles. The van der Waals surface area contributed by atoms with Gasteiger partial charge in [-0.1, -0.05) is 24.3 Å². The minimum Gasteiger partial charge on any atom is -0.207 e. The van der Waals surface area contributed by atoms with E-state index >= 15 is 0 Å². The Morgan fingerprint density at radius 3 is 2.36 bits per heavy atom. The second-order valence-electron chi connectivity index (χ2n) is 2.93. The van der Waals surface area contributed by atoms with Crippen LogP contribution in [0.4, 0.5) is 4.39 Å². The fraction of sp³-hybridized carbons (Fsp3) is 0. The molecule has 0 amide bonds. The molecule has 0 aliphatic rings. The summed E-state index contributed by atoms with van der Waals surface area (Å²) in [6.07, 6.45) is 0. The van der Waals surface area contributed by atoms with Gasteiger partial charge in [-0.25, -0.2) is 4.39 Å². The fourth-order valence-electron chi connectivity index (χ4n) is 1.26. The van der Waals surface area contributed by atoms with E-state index in [0.29, 0.717) is 0 Å². The van der Waals surface area contributed by atoms with Gasteiger partial charge >= 0.3 is 0 Å². The van der Waals surface area contributed by atoms with Gasteiger partial charge in [0.25, 0.3) is 0 Å². The van der Waals surface area contributed by atoms with Crippen molar-refractivity contribution < 1.29 is 4.39 Å². The van der Waals surface area contributed by atoms with Gasteiger partial charge in [0.1, 0.15) is 5.82 Å². The van der Waals surface area contributed by atoms with E-state index < -0.39 is 0 Å². The van der Waals surface area contributed by atoms with Gasteiger partial charge in [0.05, 0.1) is 0 Å². The zero-order chi connectivity index (χ0) is 9.97. The van der Waals surface area contributed by atoms with E-state index in [2.05, 4.69) is 28.7 Å².